The largest absolute Gasteiger partial charge is 0.435 e. The minimum absolute atomic E-state index is 0.0477. The van der Waals surface area contributed by atoms with Crippen molar-refractivity contribution in [2.75, 3.05) is 0 Å². The van der Waals surface area contributed by atoms with E-state index >= 15 is 0 Å². The monoisotopic (exact) mass is 519 g/mol. The number of amides is 1. The second kappa shape index (κ2) is 9.52. The summed E-state index contributed by atoms with van der Waals surface area (Å²) in [5.41, 5.74) is -2.44. The molecule has 1 aliphatic rings. The Hall–Kier alpha value is -2.69. The minimum atomic E-state index is -4.94. The Kier molecular flexibility index (Phi) is 7.26. The van der Waals surface area contributed by atoms with Crippen LogP contribution in [0.4, 0.5) is 17.6 Å². The number of rotatable bonds is 6. The zero-order chi connectivity index (χ0) is 25.4. The van der Waals surface area contributed by atoms with Crippen molar-refractivity contribution in [2.45, 2.75) is 44.7 Å². The highest BCUT2D eigenvalue weighted by Crippen LogP contribution is 2.50. The lowest BCUT2D eigenvalue weighted by molar-refractivity contribution is -0.275. The first-order valence-corrected chi connectivity index (χ1v) is 10.6. The molecule has 0 bridgehead atoms. The van der Waals surface area contributed by atoms with E-state index in [0.717, 1.165) is 12.1 Å². The van der Waals surface area contributed by atoms with Crippen LogP contribution in [0.2, 0.25) is 10.0 Å². The van der Waals surface area contributed by atoms with E-state index in [9.17, 15) is 27.5 Å². The Bertz CT molecular complexity index is 1160. The van der Waals surface area contributed by atoms with E-state index in [1.54, 1.807) is 6.92 Å². The molecule has 2 aromatic carbocycles. The summed E-state index contributed by atoms with van der Waals surface area (Å²) >= 11 is 11.4. The number of hydrogen-bond donors (Lipinski definition) is 3. The molecule has 2 atom stereocenters. The lowest BCUT2D eigenvalue weighted by atomic mass is 9.86. The van der Waals surface area contributed by atoms with E-state index in [1.807, 2.05) is 0 Å². The molecule has 6 nitrogen and oxygen atoms in total. The average Bonchev–Trinajstić information content (AvgIpc) is 3.17. The molecule has 3 rings (SSSR count). The molecule has 0 spiro atoms. The number of aliphatic hydroxyl groups is 1. The van der Waals surface area contributed by atoms with Crippen LogP contribution in [-0.2, 0) is 10.4 Å². The molecule has 0 saturated heterocycles. The third kappa shape index (κ3) is 5.03. The molecule has 0 aromatic heterocycles. The Morgan fingerprint density at radius 1 is 1.29 bits per heavy atom. The molecule has 1 amide bonds. The average molecular weight is 520 g/mol. The summed E-state index contributed by atoms with van der Waals surface area (Å²) in [5.74, 6) is -1.66. The van der Waals surface area contributed by atoms with Gasteiger partial charge in [-0.2, -0.15) is 13.2 Å². The van der Waals surface area contributed by atoms with Crippen LogP contribution < -0.4 is 5.32 Å². The maximum absolute atomic E-state index is 14.1. The first kappa shape index (κ1) is 25.9. The molecule has 0 radical (unpaired) electrons. The number of oxime groups is 1. The van der Waals surface area contributed by atoms with Crippen LogP contribution >= 0.6 is 23.2 Å². The molecule has 0 aliphatic carbocycles. The number of aryl methyl sites for hydroxylation is 1. The highest BCUT2D eigenvalue weighted by molar-refractivity contribution is 6.35. The minimum Gasteiger partial charge on any atom is -0.374 e. The van der Waals surface area contributed by atoms with E-state index in [0.29, 0.717) is 5.56 Å². The van der Waals surface area contributed by atoms with Gasteiger partial charge in [0.1, 0.15) is 6.23 Å². The first-order valence-electron chi connectivity index (χ1n) is 9.86. The van der Waals surface area contributed by atoms with E-state index < -0.39 is 51.8 Å². The number of nitrogens with zero attached hydrogens (tertiary/aromatic N) is 1. The van der Waals surface area contributed by atoms with Crippen LogP contribution in [-0.4, -0.2) is 34.8 Å². The molecular formula is C22H19Cl2F4N3O3. The third-order valence-corrected chi connectivity index (χ3v) is 5.79. The number of carbonyl (C=O) groups excluding carboxylic acids is 1. The fraction of sp³-hybridized carbons (Fsp3) is 0.318. The molecule has 0 fully saturated rings. The number of nitrogens with one attached hydrogen (secondary N) is 2. The van der Waals surface area contributed by atoms with Crippen molar-refractivity contribution in [1.82, 2.24) is 5.32 Å². The van der Waals surface area contributed by atoms with Crippen molar-refractivity contribution in [2.24, 2.45) is 5.16 Å². The van der Waals surface area contributed by atoms with Gasteiger partial charge in [-0.05, 0) is 49.2 Å². The highest BCUT2D eigenvalue weighted by atomic mass is 35.5. The molecule has 3 N–H and O–H groups in total. The van der Waals surface area contributed by atoms with Gasteiger partial charge in [0.15, 0.2) is 5.82 Å². The van der Waals surface area contributed by atoms with Gasteiger partial charge in [0.25, 0.3) is 11.5 Å². The van der Waals surface area contributed by atoms with Crippen LogP contribution in [0, 0.1) is 18.2 Å². The molecule has 12 heteroatoms. The van der Waals surface area contributed by atoms with Crippen molar-refractivity contribution < 1.29 is 32.3 Å². The summed E-state index contributed by atoms with van der Waals surface area (Å²) in [7, 11) is 0. The van der Waals surface area contributed by atoms with Gasteiger partial charge in [-0.1, -0.05) is 34.4 Å². The van der Waals surface area contributed by atoms with Gasteiger partial charge in [-0.3, -0.25) is 4.79 Å². The summed E-state index contributed by atoms with van der Waals surface area (Å²) in [6.45, 7) is 3.05. The topological polar surface area (TPSA) is 94.8 Å². The SMILES string of the molecule is CC(=N)CC(O)NC(=O)c1ccc(C2=NO[C@@](c3cc(Cl)c(F)c(Cl)c3)(C(F)(F)F)C2)cc1C. The van der Waals surface area contributed by atoms with Gasteiger partial charge >= 0.3 is 6.18 Å². The second-order valence-electron chi connectivity index (χ2n) is 7.89. The fourth-order valence-electron chi connectivity index (χ4n) is 3.52. The zero-order valence-corrected chi connectivity index (χ0v) is 19.4. The Morgan fingerprint density at radius 3 is 2.44 bits per heavy atom. The van der Waals surface area contributed by atoms with Crippen molar-refractivity contribution in [3.63, 3.8) is 0 Å². The van der Waals surface area contributed by atoms with Gasteiger partial charge in [0, 0.05) is 29.7 Å². The quantitative estimate of drug-likeness (QED) is 0.203. The molecule has 2 aromatic rings. The van der Waals surface area contributed by atoms with Crippen LogP contribution in [0.5, 0.6) is 0 Å². The van der Waals surface area contributed by atoms with Crippen LogP contribution in [0.15, 0.2) is 35.5 Å². The van der Waals surface area contributed by atoms with E-state index in [4.69, 9.17) is 33.4 Å². The molecule has 1 aliphatic heterocycles. The van der Waals surface area contributed by atoms with Gasteiger partial charge in [0.2, 0.25) is 0 Å². The highest BCUT2D eigenvalue weighted by Gasteiger charge is 2.62. The van der Waals surface area contributed by atoms with E-state index in [2.05, 4.69) is 10.5 Å². The normalized spacial score (nSPS) is 18.8. The van der Waals surface area contributed by atoms with Crippen LogP contribution in [0.3, 0.4) is 0 Å². The number of carbonyl (C=O) groups is 1. The third-order valence-electron chi connectivity index (χ3n) is 5.24. The van der Waals surface area contributed by atoms with Gasteiger partial charge in [0.05, 0.1) is 15.8 Å². The number of benzene rings is 2. The Morgan fingerprint density at radius 2 is 1.91 bits per heavy atom. The fourth-order valence-corrected chi connectivity index (χ4v) is 4.00. The number of aliphatic hydroxyl groups excluding tert-OH is 1. The summed E-state index contributed by atoms with van der Waals surface area (Å²) in [6.07, 6.45) is -6.98. The standard InChI is InChI=1S/C22H19Cl2F4N3O3/c1-10-5-12(3-4-14(10)20(33)30-18(32)6-11(2)29)17-9-21(34-31-17,22(26,27)28)13-7-15(23)19(25)16(24)8-13/h3-5,7-8,18,29,32H,6,9H2,1-2H3,(H,30,33)/t18?,21-/m0/s1. The number of hydrogen-bond acceptors (Lipinski definition) is 5. The van der Waals surface area contributed by atoms with Crippen molar-refractivity contribution in [1.29, 1.82) is 5.41 Å². The predicted molar refractivity (Wildman–Crippen MR) is 119 cm³/mol. The number of halogens is 6. The van der Waals surface area contributed by atoms with Crippen LogP contribution in [0.25, 0.3) is 0 Å². The summed E-state index contributed by atoms with van der Waals surface area (Å²) in [6, 6.07) is 5.84. The Labute approximate surface area is 202 Å². The maximum Gasteiger partial charge on any atom is 0.435 e. The first-order chi connectivity index (χ1) is 15.7. The molecule has 1 unspecified atom stereocenters. The molecule has 182 valence electrons. The molecule has 1 heterocycles. The molecule has 34 heavy (non-hydrogen) atoms. The predicted octanol–water partition coefficient (Wildman–Crippen LogP) is 5.50. The van der Waals surface area contributed by atoms with Crippen molar-refractivity contribution in [3.05, 3.63) is 68.4 Å². The van der Waals surface area contributed by atoms with Gasteiger partial charge < -0.3 is 20.7 Å². The van der Waals surface area contributed by atoms with E-state index in [1.165, 1.54) is 25.1 Å². The Balaban J connectivity index is 1.89. The maximum atomic E-state index is 14.1. The molecular weight excluding hydrogens is 501 g/mol. The van der Waals surface area contributed by atoms with E-state index in [-0.39, 0.29) is 29.0 Å². The number of alkyl halides is 3. The summed E-state index contributed by atoms with van der Waals surface area (Å²) < 4.78 is 56.2. The summed E-state index contributed by atoms with van der Waals surface area (Å²) in [5, 5.41) is 22.0. The van der Waals surface area contributed by atoms with Crippen molar-refractivity contribution in [3.8, 4) is 0 Å². The zero-order valence-electron chi connectivity index (χ0n) is 17.9. The van der Waals surface area contributed by atoms with Crippen molar-refractivity contribution >= 4 is 40.5 Å². The summed E-state index contributed by atoms with van der Waals surface area (Å²) in [4.78, 5) is 17.3. The van der Waals surface area contributed by atoms with Gasteiger partial charge in [-0.15, -0.1) is 0 Å². The second-order valence-corrected chi connectivity index (χ2v) is 8.70. The van der Waals surface area contributed by atoms with Gasteiger partial charge in [-0.25, -0.2) is 4.39 Å². The molecule has 0 saturated carbocycles. The lowest BCUT2D eigenvalue weighted by Crippen LogP contribution is -2.42. The van der Waals surface area contributed by atoms with Crippen LogP contribution in [0.1, 0.15) is 46.8 Å². The smallest absolute Gasteiger partial charge is 0.374 e. The lowest BCUT2D eigenvalue weighted by Gasteiger charge is -2.29.